The van der Waals surface area contributed by atoms with Gasteiger partial charge in [0.1, 0.15) is 5.69 Å². The van der Waals surface area contributed by atoms with Gasteiger partial charge in [-0.25, -0.2) is 0 Å². The molecule has 106 valence electrons. The molecule has 0 aliphatic heterocycles. The number of rotatable bonds is 2. The molecule has 2 nitrogen and oxygen atoms in total. The molecule has 0 atom stereocenters. The zero-order chi connectivity index (χ0) is 15.0. The summed E-state index contributed by atoms with van der Waals surface area (Å²) >= 11 is 3.34. The maximum Gasteiger partial charge on any atom is 0.253 e. The van der Waals surface area contributed by atoms with Crippen LogP contribution in [0.5, 0.6) is 0 Å². The first-order chi connectivity index (χ1) is 9.31. The fourth-order valence-electron chi connectivity index (χ4n) is 1.76. The van der Waals surface area contributed by atoms with E-state index in [1.54, 1.807) is 26.0 Å². The van der Waals surface area contributed by atoms with E-state index in [-0.39, 0.29) is 0 Å². The van der Waals surface area contributed by atoms with E-state index in [2.05, 4.69) is 26.2 Å². The minimum absolute atomic E-state index is 0.311. The summed E-state index contributed by atoms with van der Waals surface area (Å²) in [5.41, 5.74) is 1.02. The molecule has 7 heteroatoms. The highest BCUT2D eigenvalue weighted by Crippen LogP contribution is 2.30. The van der Waals surface area contributed by atoms with Gasteiger partial charge in [0, 0.05) is 10.2 Å². The number of aromatic nitrogens is 1. The van der Waals surface area contributed by atoms with Crippen LogP contribution in [-0.2, 0) is 0 Å². The normalized spacial score (nSPS) is 10.8. The summed E-state index contributed by atoms with van der Waals surface area (Å²) in [5.74, 6) is -6.53. The summed E-state index contributed by atoms with van der Waals surface area (Å²) < 4.78 is 53.8. The predicted molar refractivity (Wildman–Crippen MR) is 71.0 cm³/mol. The van der Waals surface area contributed by atoms with E-state index in [0.29, 0.717) is 5.69 Å². The highest BCUT2D eigenvalue weighted by molar-refractivity contribution is 9.10. The summed E-state index contributed by atoms with van der Waals surface area (Å²) in [5, 5.41) is 2.34. The van der Waals surface area contributed by atoms with Gasteiger partial charge < -0.3 is 5.32 Å². The third-order valence-corrected chi connectivity index (χ3v) is 3.95. The lowest BCUT2D eigenvalue weighted by Crippen LogP contribution is -2.06. The average Bonchev–Trinajstić information content (AvgIpc) is 2.38. The van der Waals surface area contributed by atoms with E-state index in [9.17, 15) is 17.6 Å². The van der Waals surface area contributed by atoms with Crippen molar-refractivity contribution in [3.05, 3.63) is 51.3 Å². The molecular formula is C13H9BrF4N2. The second kappa shape index (κ2) is 5.40. The van der Waals surface area contributed by atoms with Gasteiger partial charge in [-0.15, -0.1) is 0 Å². The van der Waals surface area contributed by atoms with Crippen LogP contribution < -0.4 is 5.32 Å². The van der Waals surface area contributed by atoms with Crippen LogP contribution in [0.1, 0.15) is 11.1 Å². The van der Waals surface area contributed by atoms with Crippen LogP contribution in [0, 0.1) is 37.4 Å². The number of anilines is 2. The van der Waals surface area contributed by atoms with Crippen molar-refractivity contribution in [2.24, 2.45) is 0 Å². The molecule has 0 saturated heterocycles. The van der Waals surface area contributed by atoms with Crippen molar-refractivity contribution in [2.45, 2.75) is 13.8 Å². The molecule has 1 aromatic heterocycles. The highest BCUT2D eigenvalue weighted by Gasteiger charge is 2.21. The molecule has 0 saturated carbocycles. The summed E-state index contributed by atoms with van der Waals surface area (Å²) in [6.45, 7) is 3.56. The Morgan fingerprint density at radius 2 is 1.40 bits per heavy atom. The monoisotopic (exact) mass is 348 g/mol. The van der Waals surface area contributed by atoms with Gasteiger partial charge in [0.2, 0.25) is 11.6 Å². The molecule has 2 rings (SSSR count). The Labute approximate surface area is 121 Å². The number of pyridine rings is 1. The van der Waals surface area contributed by atoms with Crippen molar-refractivity contribution in [2.75, 3.05) is 5.32 Å². The number of halogens is 5. The number of benzene rings is 1. The number of hydrogen-bond donors (Lipinski definition) is 1. The number of nitrogens with one attached hydrogen (secondary N) is 1. The summed E-state index contributed by atoms with van der Waals surface area (Å²) in [7, 11) is 0. The third kappa shape index (κ3) is 2.63. The highest BCUT2D eigenvalue weighted by atomic mass is 79.9. The van der Waals surface area contributed by atoms with Crippen molar-refractivity contribution < 1.29 is 17.6 Å². The molecule has 20 heavy (non-hydrogen) atoms. The van der Waals surface area contributed by atoms with E-state index in [0.717, 1.165) is 15.6 Å². The van der Waals surface area contributed by atoms with Crippen LogP contribution in [-0.4, -0.2) is 4.98 Å². The Hall–Kier alpha value is -1.63. The minimum Gasteiger partial charge on any atom is -0.350 e. The third-order valence-electron chi connectivity index (χ3n) is 2.70. The van der Waals surface area contributed by atoms with E-state index in [1.165, 1.54) is 0 Å². The van der Waals surface area contributed by atoms with Crippen molar-refractivity contribution in [3.63, 3.8) is 0 Å². The van der Waals surface area contributed by atoms with Gasteiger partial charge in [0.25, 0.3) is 11.9 Å². The molecule has 1 aromatic carbocycles. The fourth-order valence-corrected chi connectivity index (χ4v) is 1.99. The van der Waals surface area contributed by atoms with Gasteiger partial charge in [-0.2, -0.15) is 22.5 Å². The summed E-state index contributed by atoms with van der Waals surface area (Å²) in [6, 6.07) is 3.18. The zero-order valence-electron chi connectivity index (χ0n) is 10.5. The Bertz CT molecular complexity index is 639. The molecule has 0 fully saturated rings. The van der Waals surface area contributed by atoms with Gasteiger partial charge >= 0.3 is 0 Å². The lowest BCUT2D eigenvalue weighted by atomic mass is 10.1. The maximum absolute atomic E-state index is 13.5. The molecule has 0 radical (unpaired) electrons. The molecule has 2 aromatic rings. The SMILES string of the molecule is Cc1cc(Nc2c(F)c(F)nc(F)c2F)cc(C)c1Br. The minimum atomic E-state index is -1.70. The first-order valence-electron chi connectivity index (χ1n) is 5.55. The van der Waals surface area contributed by atoms with E-state index in [4.69, 9.17) is 0 Å². The summed E-state index contributed by atoms with van der Waals surface area (Å²) in [6.07, 6.45) is 0. The molecule has 1 N–H and O–H groups in total. The smallest absolute Gasteiger partial charge is 0.253 e. The molecule has 0 amide bonds. The number of aryl methyl sites for hydroxylation is 2. The second-order valence-corrected chi connectivity index (χ2v) is 5.04. The molecule has 1 heterocycles. The van der Waals surface area contributed by atoms with E-state index >= 15 is 0 Å². The van der Waals surface area contributed by atoms with Gasteiger partial charge in [-0.3, -0.25) is 0 Å². The van der Waals surface area contributed by atoms with E-state index < -0.39 is 29.2 Å². The Balaban J connectivity index is 2.50. The number of hydrogen-bond acceptors (Lipinski definition) is 2. The van der Waals surface area contributed by atoms with Crippen LogP contribution in [0.25, 0.3) is 0 Å². The van der Waals surface area contributed by atoms with E-state index in [1.807, 2.05) is 0 Å². The largest absolute Gasteiger partial charge is 0.350 e. The van der Waals surface area contributed by atoms with Crippen molar-refractivity contribution in [1.82, 2.24) is 4.98 Å². The Morgan fingerprint density at radius 1 is 0.950 bits per heavy atom. The van der Waals surface area contributed by atoms with Crippen molar-refractivity contribution in [3.8, 4) is 0 Å². The fraction of sp³-hybridized carbons (Fsp3) is 0.154. The van der Waals surface area contributed by atoms with Crippen LogP contribution in [0.15, 0.2) is 16.6 Å². The molecule has 0 aliphatic rings. The molecule has 0 spiro atoms. The Morgan fingerprint density at radius 3 is 1.85 bits per heavy atom. The molecular weight excluding hydrogens is 340 g/mol. The van der Waals surface area contributed by atoms with Crippen LogP contribution in [0.3, 0.4) is 0 Å². The zero-order valence-corrected chi connectivity index (χ0v) is 12.1. The topological polar surface area (TPSA) is 24.9 Å². The van der Waals surface area contributed by atoms with Crippen molar-refractivity contribution in [1.29, 1.82) is 0 Å². The quantitative estimate of drug-likeness (QED) is 0.625. The van der Waals surface area contributed by atoms with Gasteiger partial charge in [-0.1, -0.05) is 15.9 Å². The Kier molecular flexibility index (Phi) is 3.99. The van der Waals surface area contributed by atoms with Gasteiger partial charge in [0.15, 0.2) is 0 Å². The predicted octanol–water partition coefficient (Wildman–Crippen LogP) is 4.76. The average molecular weight is 349 g/mol. The lowest BCUT2D eigenvalue weighted by Gasteiger charge is -2.12. The van der Waals surface area contributed by atoms with Crippen LogP contribution >= 0.6 is 15.9 Å². The second-order valence-electron chi connectivity index (χ2n) is 4.25. The van der Waals surface area contributed by atoms with Crippen molar-refractivity contribution >= 4 is 27.3 Å². The van der Waals surface area contributed by atoms with Gasteiger partial charge in [0.05, 0.1) is 0 Å². The van der Waals surface area contributed by atoms with Gasteiger partial charge in [-0.05, 0) is 37.1 Å². The molecule has 0 unspecified atom stereocenters. The van der Waals surface area contributed by atoms with Crippen LogP contribution in [0.4, 0.5) is 28.9 Å². The standard InChI is InChI=1S/C13H9BrF4N2/c1-5-3-7(4-6(2)8(5)14)19-11-9(15)12(17)20-13(18)10(11)16/h3-4H,1-2H3,(H,19,20). The first kappa shape index (κ1) is 14.8. The lowest BCUT2D eigenvalue weighted by molar-refractivity contribution is 0.411. The maximum atomic E-state index is 13.5. The first-order valence-corrected chi connectivity index (χ1v) is 6.34. The molecule has 0 aliphatic carbocycles. The molecule has 0 bridgehead atoms. The summed E-state index contributed by atoms with van der Waals surface area (Å²) in [4.78, 5) is 2.49. The number of nitrogens with zero attached hydrogens (tertiary/aromatic N) is 1. The van der Waals surface area contributed by atoms with Crippen LogP contribution in [0.2, 0.25) is 0 Å².